The van der Waals surface area contributed by atoms with Crippen LogP contribution in [0.5, 0.6) is 5.75 Å². The van der Waals surface area contributed by atoms with E-state index in [2.05, 4.69) is 5.32 Å². The van der Waals surface area contributed by atoms with Gasteiger partial charge in [-0.25, -0.2) is 4.39 Å². The minimum Gasteiger partial charge on any atom is -0.481 e. The number of nitrogens with one attached hydrogen (secondary N) is 1. The molecule has 1 fully saturated rings. The molecular formula is C14H19FN2O2. The van der Waals surface area contributed by atoms with Gasteiger partial charge in [-0.1, -0.05) is 6.07 Å². The summed E-state index contributed by atoms with van der Waals surface area (Å²) in [4.78, 5) is 11.7. The summed E-state index contributed by atoms with van der Waals surface area (Å²) in [6.45, 7) is 2.40. The molecule has 0 saturated carbocycles. The maximum absolute atomic E-state index is 13.8. The molecule has 0 aliphatic carbocycles. The van der Waals surface area contributed by atoms with Crippen LogP contribution in [0.1, 0.15) is 37.8 Å². The number of rotatable bonds is 3. The molecule has 0 bridgehead atoms. The molecule has 0 spiro atoms. The fourth-order valence-electron chi connectivity index (χ4n) is 2.14. The normalized spacial score (nSPS) is 21.4. The Morgan fingerprint density at radius 1 is 1.47 bits per heavy atom. The summed E-state index contributed by atoms with van der Waals surface area (Å²) < 4.78 is 19.3. The van der Waals surface area contributed by atoms with Crippen LogP contribution in [0.3, 0.4) is 0 Å². The first kappa shape index (κ1) is 13.8. The molecule has 1 aliphatic rings. The van der Waals surface area contributed by atoms with Gasteiger partial charge in [0, 0.05) is 24.2 Å². The number of nitrogens with two attached hydrogens (primary N) is 1. The van der Waals surface area contributed by atoms with E-state index in [9.17, 15) is 9.18 Å². The lowest BCUT2D eigenvalue weighted by Gasteiger charge is -2.17. The van der Waals surface area contributed by atoms with Crippen LogP contribution in [0.15, 0.2) is 18.2 Å². The lowest BCUT2D eigenvalue weighted by molar-refractivity contribution is -0.127. The molecule has 5 heteroatoms. The Labute approximate surface area is 112 Å². The molecule has 19 heavy (non-hydrogen) atoms. The fourth-order valence-corrected chi connectivity index (χ4v) is 2.14. The number of hydrogen-bond acceptors (Lipinski definition) is 3. The van der Waals surface area contributed by atoms with E-state index in [1.165, 1.54) is 6.07 Å². The molecular weight excluding hydrogens is 247 g/mol. The molecule has 1 amide bonds. The van der Waals surface area contributed by atoms with E-state index in [4.69, 9.17) is 10.5 Å². The number of hydrogen-bond donors (Lipinski definition) is 2. The Kier molecular flexibility index (Phi) is 4.37. The minimum absolute atomic E-state index is 0.130. The Balaban J connectivity index is 2.10. The first-order valence-corrected chi connectivity index (χ1v) is 6.57. The van der Waals surface area contributed by atoms with Crippen molar-refractivity contribution in [2.24, 2.45) is 5.73 Å². The predicted molar refractivity (Wildman–Crippen MR) is 70.3 cm³/mol. The predicted octanol–water partition coefficient (Wildman–Crippen LogP) is 1.89. The highest BCUT2D eigenvalue weighted by atomic mass is 19.1. The number of carbonyl (C=O) groups is 1. The highest BCUT2D eigenvalue weighted by molar-refractivity contribution is 5.81. The fraction of sp³-hybridized carbons (Fsp3) is 0.500. The quantitative estimate of drug-likeness (QED) is 0.878. The number of ether oxygens (including phenoxy) is 1. The smallest absolute Gasteiger partial charge is 0.261 e. The van der Waals surface area contributed by atoms with Crippen LogP contribution in [0.25, 0.3) is 0 Å². The van der Waals surface area contributed by atoms with Gasteiger partial charge in [0.1, 0.15) is 11.6 Å². The van der Waals surface area contributed by atoms with Crippen molar-refractivity contribution < 1.29 is 13.9 Å². The molecule has 1 unspecified atom stereocenters. The van der Waals surface area contributed by atoms with Crippen LogP contribution in [0, 0.1) is 5.82 Å². The maximum atomic E-state index is 13.8. The number of amides is 1. The third kappa shape index (κ3) is 3.44. The molecule has 1 aromatic rings. The van der Waals surface area contributed by atoms with Crippen molar-refractivity contribution in [3.63, 3.8) is 0 Å². The van der Waals surface area contributed by atoms with Crippen molar-refractivity contribution in [2.45, 2.75) is 38.3 Å². The van der Waals surface area contributed by atoms with Gasteiger partial charge in [0.15, 0.2) is 6.10 Å². The third-order valence-corrected chi connectivity index (χ3v) is 3.23. The molecule has 3 N–H and O–H groups in total. The molecule has 2 atom stereocenters. The summed E-state index contributed by atoms with van der Waals surface area (Å²) in [5.41, 5.74) is 6.09. The van der Waals surface area contributed by atoms with Gasteiger partial charge in [-0.05, 0) is 32.3 Å². The van der Waals surface area contributed by atoms with Crippen LogP contribution in [-0.2, 0) is 4.79 Å². The van der Waals surface area contributed by atoms with Crippen molar-refractivity contribution in [1.29, 1.82) is 0 Å². The molecule has 4 nitrogen and oxygen atoms in total. The van der Waals surface area contributed by atoms with E-state index in [-0.39, 0.29) is 11.9 Å². The zero-order valence-corrected chi connectivity index (χ0v) is 11.0. The van der Waals surface area contributed by atoms with E-state index >= 15 is 0 Å². The number of benzene rings is 1. The second-order valence-electron chi connectivity index (χ2n) is 4.87. The van der Waals surface area contributed by atoms with Crippen molar-refractivity contribution in [3.8, 4) is 5.75 Å². The number of carbonyl (C=O) groups excluding carboxylic acids is 1. The van der Waals surface area contributed by atoms with Crippen LogP contribution >= 0.6 is 0 Å². The lowest BCUT2D eigenvalue weighted by atomic mass is 10.1. The van der Waals surface area contributed by atoms with Gasteiger partial charge in [0.05, 0.1) is 0 Å². The highest BCUT2D eigenvalue weighted by Crippen LogP contribution is 2.22. The Hall–Kier alpha value is -1.62. The van der Waals surface area contributed by atoms with Gasteiger partial charge in [-0.2, -0.15) is 0 Å². The van der Waals surface area contributed by atoms with Gasteiger partial charge in [-0.3, -0.25) is 4.79 Å². The van der Waals surface area contributed by atoms with Crippen LogP contribution in [0.4, 0.5) is 4.39 Å². The molecule has 0 radical (unpaired) electrons. The minimum atomic E-state index is -0.539. The topological polar surface area (TPSA) is 64.3 Å². The molecule has 1 aromatic carbocycles. The first-order chi connectivity index (χ1) is 9.08. The summed E-state index contributed by atoms with van der Waals surface area (Å²) in [6, 6.07) is 4.18. The third-order valence-electron chi connectivity index (χ3n) is 3.23. The molecule has 1 saturated heterocycles. The molecule has 0 aromatic heterocycles. The van der Waals surface area contributed by atoms with Gasteiger partial charge in [0.25, 0.3) is 5.91 Å². The van der Waals surface area contributed by atoms with Crippen molar-refractivity contribution in [2.75, 3.05) is 6.54 Å². The van der Waals surface area contributed by atoms with Gasteiger partial charge in [-0.15, -0.1) is 0 Å². The largest absolute Gasteiger partial charge is 0.481 e. The molecule has 104 valence electrons. The Bertz CT molecular complexity index is 463. The maximum Gasteiger partial charge on any atom is 0.261 e. The monoisotopic (exact) mass is 266 g/mol. The van der Waals surface area contributed by atoms with E-state index in [1.54, 1.807) is 19.1 Å². The average molecular weight is 266 g/mol. The van der Waals surface area contributed by atoms with E-state index in [1.807, 2.05) is 0 Å². The summed E-state index contributed by atoms with van der Waals surface area (Å²) >= 11 is 0. The summed E-state index contributed by atoms with van der Waals surface area (Å²) in [5.74, 6) is -0.167. The van der Waals surface area contributed by atoms with Crippen molar-refractivity contribution >= 4 is 5.91 Å². The summed E-state index contributed by atoms with van der Waals surface area (Å²) in [7, 11) is 0. The van der Waals surface area contributed by atoms with Crippen molar-refractivity contribution in [1.82, 2.24) is 5.32 Å². The Morgan fingerprint density at radius 3 is 2.95 bits per heavy atom. The van der Waals surface area contributed by atoms with Gasteiger partial charge < -0.3 is 15.8 Å². The highest BCUT2D eigenvalue weighted by Gasteiger charge is 2.22. The second kappa shape index (κ2) is 6.02. The van der Waals surface area contributed by atoms with Gasteiger partial charge >= 0.3 is 0 Å². The van der Waals surface area contributed by atoms with Gasteiger partial charge in [0.2, 0.25) is 0 Å². The lowest BCUT2D eigenvalue weighted by Crippen LogP contribution is -2.36. The molecule has 1 heterocycles. The Morgan fingerprint density at radius 2 is 2.26 bits per heavy atom. The average Bonchev–Trinajstić information content (AvgIpc) is 2.55. The van der Waals surface area contributed by atoms with Crippen LogP contribution in [0.2, 0.25) is 0 Å². The first-order valence-electron chi connectivity index (χ1n) is 6.57. The van der Waals surface area contributed by atoms with E-state index < -0.39 is 11.9 Å². The summed E-state index contributed by atoms with van der Waals surface area (Å²) in [5, 5.41) is 2.78. The SMILES string of the molecule is C[C@@H](N)c1ccc(OC2CCCCNC2=O)cc1F. The summed E-state index contributed by atoms with van der Waals surface area (Å²) in [6.07, 6.45) is 1.98. The zero-order valence-electron chi connectivity index (χ0n) is 11.0. The zero-order chi connectivity index (χ0) is 13.8. The van der Waals surface area contributed by atoms with E-state index in [0.29, 0.717) is 24.3 Å². The molecule has 2 rings (SSSR count). The van der Waals surface area contributed by atoms with E-state index in [0.717, 1.165) is 12.8 Å². The molecule has 1 aliphatic heterocycles. The van der Waals surface area contributed by atoms with Crippen LogP contribution in [-0.4, -0.2) is 18.6 Å². The van der Waals surface area contributed by atoms with Crippen LogP contribution < -0.4 is 15.8 Å². The number of halogens is 1. The standard InChI is InChI=1S/C14H19FN2O2/c1-9(16)11-6-5-10(8-12(11)15)19-13-4-2-3-7-17-14(13)18/h5-6,8-9,13H,2-4,7,16H2,1H3,(H,17,18)/t9-,13?/m1/s1. The second-order valence-corrected chi connectivity index (χ2v) is 4.87. The van der Waals surface area contributed by atoms with Crippen molar-refractivity contribution in [3.05, 3.63) is 29.6 Å².